The van der Waals surface area contributed by atoms with Gasteiger partial charge in [0, 0.05) is 18.9 Å². The van der Waals surface area contributed by atoms with E-state index in [0.717, 1.165) is 29.8 Å². The van der Waals surface area contributed by atoms with Crippen molar-refractivity contribution in [3.05, 3.63) is 30.1 Å². The normalized spacial score (nSPS) is 11.2. The van der Waals surface area contributed by atoms with Crippen LogP contribution in [0.1, 0.15) is 45.4 Å². The van der Waals surface area contributed by atoms with Gasteiger partial charge in [0.05, 0.1) is 17.6 Å². The van der Waals surface area contributed by atoms with Gasteiger partial charge < -0.3 is 9.30 Å². The van der Waals surface area contributed by atoms with Crippen molar-refractivity contribution < 1.29 is 9.53 Å². The summed E-state index contributed by atoms with van der Waals surface area (Å²) in [5.41, 5.74) is 2.16. The summed E-state index contributed by atoms with van der Waals surface area (Å²) < 4.78 is 7.18. The number of ether oxygens (including phenoxy) is 1. The number of hydrogen-bond acceptors (Lipinski definition) is 3. The SMILES string of the molecule is CCOC(=O)CCCn1c(C(C)C)nc2ccccc21. The molecule has 0 spiro atoms. The largest absolute Gasteiger partial charge is 0.466 e. The van der Waals surface area contributed by atoms with Crippen molar-refractivity contribution in [3.8, 4) is 0 Å². The average molecular weight is 274 g/mol. The van der Waals surface area contributed by atoms with Gasteiger partial charge in [-0.1, -0.05) is 26.0 Å². The summed E-state index contributed by atoms with van der Waals surface area (Å²) in [5, 5.41) is 0. The van der Waals surface area contributed by atoms with E-state index in [0.29, 0.717) is 18.9 Å². The highest BCUT2D eigenvalue weighted by atomic mass is 16.5. The van der Waals surface area contributed by atoms with Gasteiger partial charge in [-0.15, -0.1) is 0 Å². The Kier molecular flexibility index (Phi) is 4.77. The Morgan fingerprint density at radius 2 is 2.10 bits per heavy atom. The molecule has 20 heavy (non-hydrogen) atoms. The van der Waals surface area contributed by atoms with E-state index in [-0.39, 0.29) is 5.97 Å². The Balaban J connectivity index is 2.15. The average Bonchev–Trinajstić information content (AvgIpc) is 2.78. The highest BCUT2D eigenvalue weighted by Gasteiger charge is 2.13. The lowest BCUT2D eigenvalue weighted by Crippen LogP contribution is -2.09. The smallest absolute Gasteiger partial charge is 0.305 e. The molecule has 0 atom stereocenters. The number of carbonyl (C=O) groups excluding carboxylic acids is 1. The summed E-state index contributed by atoms with van der Waals surface area (Å²) in [4.78, 5) is 16.1. The molecule has 0 fully saturated rings. The standard InChI is InChI=1S/C16H22N2O2/c1-4-20-15(19)10-7-11-18-14-9-6-5-8-13(14)17-16(18)12(2)3/h5-6,8-9,12H,4,7,10-11H2,1-3H3. The molecule has 0 N–H and O–H groups in total. The Bertz CT molecular complexity index is 587. The predicted octanol–water partition coefficient (Wildman–Crippen LogP) is 3.50. The topological polar surface area (TPSA) is 44.1 Å². The minimum atomic E-state index is -0.122. The van der Waals surface area contributed by atoms with Gasteiger partial charge in [0.2, 0.25) is 0 Å². The van der Waals surface area contributed by atoms with Crippen LogP contribution in [0.5, 0.6) is 0 Å². The zero-order chi connectivity index (χ0) is 14.5. The molecular weight excluding hydrogens is 252 g/mol. The Morgan fingerprint density at radius 1 is 1.35 bits per heavy atom. The molecule has 1 heterocycles. The molecule has 0 aliphatic rings. The van der Waals surface area contributed by atoms with Gasteiger partial charge in [-0.05, 0) is 25.5 Å². The number of aryl methyl sites for hydroxylation is 1. The van der Waals surface area contributed by atoms with Crippen molar-refractivity contribution >= 4 is 17.0 Å². The fourth-order valence-corrected chi connectivity index (χ4v) is 2.38. The van der Waals surface area contributed by atoms with Crippen LogP contribution in [0.4, 0.5) is 0 Å². The van der Waals surface area contributed by atoms with Crippen molar-refractivity contribution in [1.82, 2.24) is 9.55 Å². The Hall–Kier alpha value is -1.84. The number of fused-ring (bicyclic) bond motifs is 1. The lowest BCUT2D eigenvalue weighted by Gasteiger charge is -2.11. The van der Waals surface area contributed by atoms with Crippen LogP contribution in [-0.2, 0) is 16.1 Å². The summed E-state index contributed by atoms with van der Waals surface area (Å²) in [5.74, 6) is 1.32. The first-order valence-electron chi connectivity index (χ1n) is 7.24. The summed E-state index contributed by atoms with van der Waals surface area (Å²) >= 11 is 0. The predicted molar refractivity (Wildman–Crippen MR) is 79.7 cm³/mol. The summed E-state index contributed by atoms with van der Waals surface area (Å²) in [6, 6.07) is 8.14. The molecule has 1 aromatic carbocycles. The first-order valence-corrected chi connectivity index (χ1v) is 7.24. The lowest BCUT2D eigenvalue weighted by atomic mass is 10.2. The third-order valence-electron chi connectivity index (χ3n) is 3.27. The van der Waals surface area contributed by atoms with Crippen LogP contribution in [-0.4, -0.2) is 22.1 Å². The molecule has 2 rings (SSSR count). The maximum absolute atomic E-state index is 11.4. The van der Waals surface area contributed by atoms with E-state index >= 15 is 0 Å². The van der Waals surface area contributed by atoms with Crippen LogP contribution in [0.2, 0.25) is 0 Å². The quantitative estimate of drug-likeness (QED) is 0.757. The summed E-state index contributed by atoms with van der Waals surface area (Å²) in [6.45, 7) is 7.36. The number of imidazole rings is 1. The van der Waals surface area contributed by atoms with Gasteiger partial charge in [-0.2, -0.15) is 0 Å². The number of hydrogen-bond donors (Lipinski definition) is 0. The van der Waals surface area contributed by atoms with Crippen molar-refractivity contribution in [2.45, 2.75) is 46.1 Å². The second-order valence-corrected chi connectivity index (χ2v) is 5.17. The third kappa shape index (κ3) is 3.18. The van der Waals surface area contributed by atoms with Gasteiger partial charge >= 0.3 is 5.97 Å². The highest BCUT2D eigenvalue weighted by molar-refractivity contribution is 5.76. The minimum Gasteiger partial charge on any atom is -0.466 e. The number of esters is 1. The summed E-state index contributed by atoms with van der Waals surface area (Å²) in [6.07, 6.45) is 1.23. The van der Waals surface area contributed by atoms with Gasteiger partial charge in [-0.3, -0.25) is 4.79 Å². The van der Waals surface area contributed by atoms with E-state index in [2.05, 4.69) is 24.5 Å². The van der Waals surface area contributed by atoms with E-state index in [4.69, 9.17) is 9.72 Å². The molecule has 0 saturated heterocycles. The molecule has 0 unspecified atom stereocenters. The number of aromatic nitrogens is 2. The van der Waals surface area contributed by atoms with E-state index in [1.54, 1.807) is 0 Å². The van der Waals surface area contributed by atoms with E-state index in [1.807, 2.05) is 25.1 Å². The van der Waals surface area contributed by atoms with Crippen LogP contribution in [0.15, 0.2) is 24.3 Å². The molecule has 2 aromatic rings. The lowest BCUT2D eigenvalue weighted by molar-refractivity contribution is -0.143. The monoisotopic (exact) mass is 274 g/mol. The fourth-order valence-electron chi connectivity index (χ4n) is 2.38. The molecule has 0 aliphatic heterocycles. The van der Waals surface area contributed by atoms with Crippen LogP contribution in [0.3, 0.4) is 0 Å². The van der Waals surface area contributed by atoms with Crippen molar-refractivity contribution in [2.24, 2.45) is 0 Å². The minimum absolute atomic E-state index is 0.122. The maximum Gasteiger partial charge on any atom is 0.305 e. The molecule has 0 saturated carbocycles. The van der Waals surface area contributed by atoms with Crippen LogP contribution < -0.4 is 0 Å². The van der Waals surface area contributed by atoms with Gasteiger partial charge in [0.1, 0.15) is 5.82 Å². The van der Waals surface area contributed by atoms with Crippen molar-refractivity contribution in [2.75, 3.05) is 6.61 Å². The number of carbonyl (C=O) groups is 1. The van der Waals surface area contributed by atoms with Gasteiger partial charge in [0.15, 0.2) is 0 Å². The van der Waals surface area contributed by atoms with Crippen molar-refractivity contribution in [3.63, 3.8) is 0 Å². The second-order valence-electron chi connectivity index (χ2n) is 5.17. The molecule has 0 radical (unpaired) electrons. The zero-order valence-electron chi connectivity index (χ0n) is 12.4. The molecule has 1 aromatic heterocycles. The number of rotatable bonds is 6. The fraction of sp³-hybridized carbons (Fsp3) is 0.500. The molecule has 108 valence electrons. The zero-order valence-corrected chi connectivity index (χ0v) is 12.4. The molecule has 0 aliphatic carbocycles. The molecule has 4 nitrogen and oxygen atoms in total. The maximum atomic E-state index is 11.4. The Labute approximate surface area is 119 Å². The molecule has 0 amide bonds. The van der Waals surface area contributed by atoms with Gasteiger partial charge in [0.25, 0.3) is 0 Å². The van der Waals surface area contributed by atoms with Crippen LogP contribution >= 0.6 is 0 Å². The third-order valence-corrected chi connectivity index (χ3v) is 3.27. The Morgan fingerprint density at radius 3 is 2.80 bits per heavy atom. The number of para-hydroxylation sites is 2. The first-order chi connectivity index (χ1) is 9.63. The highest BCUT2D eigenvalue weighted by Crippen LogP contribution is 2.22. The second kappa shape index (κ2) is 6.55. The molecule has 4 heteroatoms. The summed E-state index contributed by atoms with van der Waals surface area (Å²) in [7, 11) is 0. The first kappa shape index (κ1) is 14.6. The van der Waals surface area contributed by atoms with Crippen molar-refractivity contribution in [1.29, 1.82) is 0 Å². The number of nitrogens with zero attached hydrogens (tertiary/aromatic N) is 2. The van der Waals surface area contributed by atoms with E-state index in [9.17, 15) is 4.79 Å². The van der Waals surface area contributed by atoms with E-state index < -0.39 is 0 Å². The van der Waals surface area contributed by atoms with Crippen LogP contribution in [0.25, 0.3) is 11.0 Å². The number of benzene rings is 1. The van der Waals surface area contributed by atoms with Gasteiger partial charge in [-0.25, -0.2) is 4.98 Å². The molecular formula is C16H22N2O2. The van der Waals surface area contributed by atoms with Crippen LogP contribution in [0, 0.1) is 0 Å². The molecule has 0 bridgehead atoms. The van der Waals surface area contributed by atoms with E-state index in [1.165, 1.54) is 0 Å².